The minimum atomic E-state index is -0.0769. The summed E-state index contributed by atoms with van der Waals surface area (Å²) in [4.78, 5) is 23.4. The highest BCUT2D eigenvalue weighted by molar-refractivity contribution is 5.72. The maximum Gasteiger partial charge on any atom is 0.310 e. The zero-order chi connectivity index (χ0) is 25.5. The molecule has 0 aliphatic carbocycles. The van der Waals surface area contributed by atoms with Gasteiger partial charge in [-0.3, -0.25) is 9.69 Å². The number of nitrogens with zero attached hydrogens (tertiary/aromatic N) is 4. The number of carbonyl (C=O) groups is 1. The first-order valence-corrected chi connectivity index (χ1v) is 12.3. The van der Waals surface area contributed by atoms with Gasteiger partial charge in [-0.15, -0.1) is 0 Å². The molecule has 8 nitrogen and oxygen atoms in total. The van der Waals surface area contributed by atoms with Gasteiger partial charge in [0.1, 0.15) is 5.82 Å². The van der Waals surface area contributed by atoms with Gasteiger partial charge in [-0.1, -0.05) is 12.1 Å². The maximum atomic E-state index is 12.2. The second kappa shape index (κ2) is 11.6. The number of benzene rings is 2. The van der Waals surface area contributed by atoms with Crippen molar-refractivity contribution in [3.05, 3.63) is 70.9 Å². The topological polar surface area (TPSA) is 103 Å². The summed E-state index contributed by atoms with van der Waals surface area (Å²) in [6, 6.07) is 15.5. The first-order valence-electron chi connectivity index (χ1n) is 12.3. The second-order valence-corrected chi connectivity index (χ2v) is 9.14. The van der Waals surface area contributed by atoms with E-state index in [4.69, 9.17) is 10.00 Å². The highest BCUT2D eigenvalue weighted by Gasteiger charge is 2.26. The summed E-state index contributed by atoms with van der Waals surface area (Å²) in [7, 11) is 0. The quantitative estimate of drug-likeness (QED) is 0.419. The van der Waals surface area contributed by atoms with Crippen LogP contribution in [0.5, 0.6) is 0 Å². The van der Waals surface area contributed by atoms with Gasteiger partial charge in [0.25, 0.3) is 0 Å². The van der Waals surface area contributed by atoms with E-state index in [2.05, 4.69) is 57.6 Å². The molecule has 2 N–H and O–H groups in total. The standard InChI is InChI=1S/C28H32N6O2/c1-4-36-27(35)23-6-5-13-34(18-23)17-22-14-19(2)26(20(3)15-22)32-25-11-12-30-28(33-25)31-24-9-7-21(16-29)8-10-24/h7-12,14-15,23H,4-6,13,17-18H2,1-3H3,(H2,30,31,32,33). The molecule has 1 atom stereocenters. The lowest BCUT2D eigenvalue weighted by molar-refractivity contribution is -0.150. The number of rotatable bonds is 8. The van der Waals surface area contributed by atoms with Crippen molar-refractivity contribution in [3.63, 3.8) is 0 Å². The zero-order valence-electron chi connectivity index (χ0n) is 21.0. The molecule has 0 amide bonds. The Labute approximate surface area is 212 Å². The van der Waals surface area contributed by atoms with Crippen LogP contribution in [0.25, 0.3) is 0 Å². The van der Waals surface area contributed by atoms with Gasteiger partial charge >= 0.3 is 5.97 Å². The van der Waals surface area contributed by atoms with E-state index in [0.717, 1.165) is 55.0 Å². The van der Waals surface area contributed by atoms with Crippen molar-refractivity contribution in [2.45, 2.75) is 40.2 Å². The van der Waals surface area contributed by atoms with Crippen LogP contribution in [0.15, 0.2) is 48.7 Å². The van der Waals surface area contributed by atoms with Gasteiger partial charge in [0.05, 0.1) is 24.2 Å². The van der Waals surface area contributed by atoms with Crippen LogP contribution >= 0.6 is 0 Å². The molecule has 0 saturated carbocycles. The van der Waals surface area contributed by atoms with Gasteiger partial charge in [0.15, 0.2) is 0 Å². The van der Waals surface area contributed by atoms with Crippen LogP contribution in [0.1, 0.15) is 42.0 Å². The molecule has 1 unspecified atom stereocenters. The van der Waals surface area contributed by atoms with E-state index in [-0.39, 0.29) is 11.9 Å². The van der Waals surface area contributed by atoms with Crippen molar-refractivity contribution >= 4 is 29.1 Å². The molecule has 1 aromatic heterocycles. The number of hydrogen-bond acceptors (Lipinski definition) is 8. The van der Waals surface area contributed by atoms with Gasteiger partial charge in [-0.25, -0.2) is 4.98 Å². The number of aryl methyl sites for hydroxylation is 2. The molecule has 4 rings (SSSR count). The Hall–Kier alpha value is -3.96. The number of esters is 1. The average Bonchev–Trinajstić information content (AvgIpc) is 2.87. The molecule has 0 bridgehead atoms. The van der Waals surface area contributed by atoms with Crippen LogP contribution in [-0.4, -0.2) is 40.5 Å². The van der Waals surface area contributed by atoms with E-state index < -0.39 is 0 Å². The number of ether oxygens (including phenoxy) is 1. The molecule has 2 heterocycles. The Kier molecular flexibility index (Phi) is 8.13. The molecule has 8 heteroatoms. The first kappa shape index (κ1) is 25.1. The molecule has 0 spiro atoms. The molecule has 186 valence electrons. The van der Waals surface area contributed by atoms with Crippen LogP contribution in [0, 0.1) is 31.1 Å². The van der Waals surface area contributed by atoms with Crippen LogP contribution in [0.4, 0.5) is 23.1 Å². The van der Waals surface area contributed by atoms with Gasteiger partial charge < -0.3 is 15.4 Å². The Morgan fingerprint density at radius 2 is 1.92 bits per heavy atom. The lowest BCUT2D eigenvalue weighted by Crippen LogP contribution is -2.38. The van der Waals surface area contributed by atoms with E-state index in [1.165, 1.54) is 5.56 Å². The Balaban J connectivity index is 1.42. The lowest BCUT2D eigenvalue weighted by atomic mass is 9.97. The lowest BCUT2D eigenvalue weighted by Gasteiger charge is -2.31. The molecule has 0 radical (unpaired) electrons. The molecule has 2 aromatic carbocycles. The van der Waals surface area contributed by atoms with Gasteiger partial charge in [0.2, 0.25) is 5.95 Å². The predicted octanol–water partition coefficient (Wildman–Crippen LogP) is 5.23. The normalized spacial score (nSPS) is 15.7. The third-order valence-electron chi connectivity index (χ3n) is 6.30. The predicted molar refractivity (Wildman–Crippen MR) is 140 cm³/mol. The SMILES string of the molecule is CCOC(=O)C1CCCN(Cc2cc(C)c(Nc3ccnc(Nc4ccc(C#N)cc4)n3)c(C)c2)C1. The Morgan fingerprint density at radius 3 is 2.61 bits per heavy atom. The van der Waals surface area contributed by atoms with E-state index in [1.54, 1.807) is 18.3 Å². The van der Waals surface area contributed by atoms with Crippen LogP contribution in [-0.2, 0) is 16.1 Å². The monoisotopic (exact) mass is 484 g/mol. The average molecular weight is 485 g/mol. The Bertz CT molecular complexity index is 1230. The molecule has 1 aliphatic rings. The molecule has 1 saturated heterocycles. The van der Waals surface area contributed by atoms with E-state index in [0.29, 0.717) is 23.9 Å². The van der Waals surface area contributed by atoms with E-state index in [1.807, 2.05) is 25.1 Å². The number of nitrogens with one attached hydrogen (secondary N) is 2. The smallest absolute Gasteiger partial charge is 0.310 e. The van der Waals surface area contributed by atoms with Crippen LogP contribution in [0.3, 0.4) is 0 Å². The fourth-order valence-electron chi connectivity index (χ4n) is 4.63. The number of carbonyl (C=O) groups excluding carboxylic acids is 1. The molecule has 1 aliphatic heterocycles. The fraction of sp³-hybridized carbons (Fsp3) is 0.357. The minimum Gasteiger partial charge on any atom is -0.466 e. The third kappa shape index (κ3) is 6.37. The highest BCUT2D eigenvalue weighted by Crippen LogP contribution is 2.28. The van der Waals surface area contributed by atoms with Crippen LogP contribution in [0.2, 0.25) is 0 Å². The number of piperidine rings is 1. The summed E-state index contributed by atoms with van der Waals surface area (Å²) < 4.78 is 5.24. The highest BCUT2D eigenvalue weighted by atomic mass is 16.5. The number of hydrogen-bond donors (Lipinski definition) is 2. The molecule has 3 aromatic rings. The van der Waals surface area contributed by atoms with Crippen molar-refractivity contribution in [2.75, 3.05) is 30.3 Å². The van der Waals surface area contributed by atoms with E-state index >= 15 is 0 Å². The molecular formula is C28H32N6O2. The third-order valence-corrected chi connectivity index (χ3v) is 6.30. The molecular weight excluding hydrogens is 452 g/mol. The van der Waals surface area contributed by atoms with Crippen molar-refractivity contribution in [1.29, 1.82) is 5.26 Å². The summed E-state index contributed by atoms with van der Waals surface area (Å²) in [5.74, 6) is 1.05. The second-order valence-electron chi connectivity index (χ2n) is 9.14. The van der Waals surface area contributed by atoms with Crippen molar-refractivity contribution in [3.8, 4) is 6.07 Å². The maximum absolute atomic E-state index is 12.2. The molecule has 1 fully saturated rings. The first-order chi connectivity index (χ1) is 17.4. The van der Waals surface area contributed by atoms with Crippen molar-refractivity contribution in [2.24, 2.45) is 5.92 Å². The van der Waals surface area contributed by atoms with Crippen molar-refractivity contribution in [1.82, 2.24) is 14.9 Å². The Morgan fingerprint density at radius 1 is 1.17 bits per heavy atom. The van der Waals surface area contributed by atoms with Crippen molar-refractivity contribution < 1.29 is 9.53 Å². The summed E-state index contributed by atoms with van der Waals surface area (Å²) in [6.07, 6.45) is 3.61. The van der Waals surface area contributed by atoms with Gasteiger partial charge in [0, 0.05) is 30.7 Å². The summed E-state index contributed by atoms with van der Waals surface area (Å²) in [5, 5.41) is 15.6. The summed E-state index contributed by atoms with van der Waals surface area (Å²) >= 11 is 0. The van der Waals surface area contributed by atoms with Gasteiger partial charge in [-0.2, -0.15) is 10.2 Å². The number of likely N-dealkylation sites (tertiary alicyclic amines) is 1. The largest absolute Gasteiger partial charge is 0.466 e. The number of anilines is 4. The van der Waals surface area contributed by atoms with Crippen LogP contribution < -0.4 is 10.6 Å². The number of nitriles is 1. The minimum absolute atomic E-state index is 0.0355. The molecule has 36 heavy (non-hydrogen) atoms. The zero-order valence-corrected chi connectivity index (χ0v) is 21.0. The number of aromatic nitrogens is 2. The van der Waals surface area contributed by atoms with E-state index in [9.17, 15) is 4.79 Å². The fourth-order valence-corrected chi connectivity index (χ4v) is 4.63. The van der Waals surface area contributed by atoms with Gasteiger partial charge in [-0.05, 0) is 87.2 Å². The summed E-state index contributed by atoms with van der Waals surface area (Å²) in [5.41, 5.74) is 5.92. The summed E-state index contributed by atoms with van der Waals surface area (Å²) in [6.45, 7) is 9.01.